The van der Waals surface area contributed by atoms with E-state index >= 15 is 0 Å². The number of amides is 1. The molecule has 0 radical (unpaired) electrons. The molecular weight excluding hydrogens is 242 g/mol. The molecule has 1 aromatic carbocycles. The molecule has 0 unspecified atom stereocenters. The molecule has 0 bridgehead atoms. The van der Waals surface area contributed by atoms with Crippen molar-refractivity contribution in [2.75, 3.05) is 11.2 Å². The van der Waals surface area contributed by atoms with Gasteiger partial charge >= 0.3 is 0 Å². The number of anilines is 1. The molecule has 1 heterocycles. The van der Waals surface area contributed by atoms with E-state index in [-0.39, 0.29) is 5.91 Å². The summed E-state index contributed by atoms with van der Waals surface area (Å²) >= 11 is 5.47. The predicted octanol–water partition coefficient (Wildman–Crippen LogP) is 2.30. The minimum absolute atomic E-state index is 0.106. The van der Waals surface area contributed by atoms with E-state index in [1.807, 2.05) is 0 Å². The summed E-state index contributed by atoms with van der Waals surface area (Å²) in [6.45, 7) is 0. The van der Waals surface area contributed by atoms with Gasteiger partial charge in [0.05, 0.1) is 0 Å². The van der Waals surface area contributed by atoms with E-state index in [9.17, 15) is 4.79 Å². The van der Waals surface area contributed by atoms with E-state index in [1.165, 1.54) is 6.39 Å². The first-order valence-corrected chi connectivity index (χ1v) is 5.55. The van der Waals surface area contributed by atoms with Crippen LogP contribution in [-0.2, 0) is 4.79 Å². The van der Waals surface area contributed by atoms with E-state index in [0.29, 0.717) is 23.9 Å². The van der Waals surface area contributed by atoms with Crippen LogP contribution in [0.2, 0.25) is 0 Å². The van der Waals surface area contributed by atoms with Crippen LogP contribution < -0.4 is 5.32 Å². The predicted molar refractivity (Wildman–Crippen MR) is 63.7 cm³/mol. The first-order chi connectivity index (χ1) is 8.29. The zero-order chi connectivity index (χ0) is 12.1. The molecule has 17 heavy (non-hydrogen) atoms. The van der Waals surface area contributed by atoms with Crippen LogP contribution in [-0.4, -0.2) is 22.0 Å². The number of nitrogens with zero attached hydrogens (tertiary/aromatic N) is 2. The van der Waals surface area contributed by atoms with Crippen molar-refractivity contribution >= 4 is 23.2 Å². The number of rotatable bonds is 4. The zero-order valence-corrected chi connectivity index (χ0v) is 9.65. The van der Waals surface area contributed by atoms with Gasteiger partial charge in [-0.15, -0.1) is 21.8 Å². The number of aromatic nitrogens is 2. The SMILES string of the molecule is O=C(CCCl)Nc1ccc(-c2nnco2)cc1. The maximum absolute atomic E-state index is 11.3. The van der Waals surface area contributed by atoms with Crippen molar-refractivity contribution in [2.24, 2.45) is 0 Å². The fourth-order valence-electron chi connectivity index (χ4n) is 1.30. The van der Waals surface area contributed by atoms with Gasteiger partial charge in [0.25, 0.3) is 0 Å². The quantitative estimate of drug-likeness (QED) is 0.847. The number of carbonyl (C=O) groups excluding carboxylic acids is 1. The van der Waals surface area contributed by atoms with Gasteiger partial charge in [-0.25, -0.2) is 0 Å². The molecule has 6 heteroatoms. The monoisotopic (exact) mass is 251 g/mol. The highest BCUT2D eigenvalue weighted by atomic mass is 35.5. The van der Waals surface area contributed by atoms with Crippen molar-refractivity contribution < 1.29 is 9.21 Å². The van der Waals surface area contributed by atoms with E-state index in [0.717, 1.165) is 5.56 Å². The summed E-state index contributed by atoms with van der Waals surface area (Å²) < 4.78 is 5.05. The number of halogens is 1. The minimum atomic E-state index is -0.106. The molecule has 1 aromatic heterocycles. The zero-order valence-electron chi connectivity index (χ0n) is 8.89. The summed E-state index contributed by atoms with van der Waals surface area (Å²) in [4.78, 5) is 11.3. The Morgan fingerprint density at radius 1 is 1.35 bits per heavy atom. The molecule has 5 nitrogen and oxygen atoms in total. The first kappa shape index (κ1) is 11.6. The average molecular weight is 252 g/mol. The maximum Gasteiger partial charge on any atom is 0.247 e. The van der Waals surface area contributed by atoms with Crippen LogP contribution in [0.5, 0.6) is 0 Å². The molecule has 88 valence electrons. The van der Waals surface area contributed by atoms with Gasteiger partial charge in [0.15, 0.2) is 0 Å². The summed E-state index contributed by atoms with van der Waals surface area (Å²) in [6.07, 6.45) is 1.57. The van der Waals surface area contributed by atoms with Crippen LogP contribution in [0.3, 0.4) is 0 Å². The molecule has 1 N–H and O–H groups in total. The highest BCUT2D eigenvalue weighted by Gasteiger charge is 2.04. The van der Waals surface area contributed by atoms with Crippen molar-refractivity contribution in [2.45, 2.75) is 6.42 Å². The molecular formula is C11H10ClN3O2. The summed E-state index contributed by atoms with van der Waals surface area (Å²) in [7, 11) is 0. The summed E-state index contributed by atoms with van der Waals surface area (Å²) in [5.74, 6) is 0.653. The lowest BCUT2D eigenvalue weighted by molar-refractivity contribution is -0.115. The lowest BCUT2D eigenvalue weighted by atomic mass is 10.2. The smallest absolute Gasteiger partial charge is 0.247 e. The minimum Gasteiger partial charge on any atom is -0.423 e. The Morgan fingerprint density at radius 2 is 2.12 bits per heavy atom. The van der Waals surface area contributed by atoms with Crippen molar-refractivity contribution in [3.63, 3.8) is 0 Å². The van der Waals surface area contributed by atoms with Gasteiger partial charge in [0.1, 0.15) is 0 Å². The van der Waals surface area contributed by atoms with E-state index < -0.39 is 0 Å². The lowest BCUT2D eigenvalue weighted by Crippen LogP contribution is -2.11. The van der Waals surface area contributed by atoms with Gasteiger partial charge in [-0.1, -0.05) is 0 Å². The molecule has 0 saturated carbocycles. The molecule has 1 amide bonds. The molecule has 2 rings (SSSR count). The van der Waals surface area contributed by atoms with E-state index in [1.54, 1.807) is 24.3 Å². The second-order valence-electron chi connectivity index (χ2n) is 3.31. The molecule has 0 aliphatic carbocycles. The number of carbonyl (C=O) groups is 1. The highest BCUT2D eigenvalue weighted by Crippen LogP contribution is 2.18. The lowest BCUT2D eigenvalue weighted by Gasteiger charge is -2.03. The number of alkyl halides is 1. The molecule has 0 fully saturated rings. The van der Waals surface area contributed by atoms with Gasteiger partial charge in [-0.3, -0.25) is 4.79 Å². The molecule has 0 aliphatic rings. The molecule has 0 aliphatic heterocycles. The van der Waals surface area contributed by atoms with Crippen molar-refractivity contribution in [3.8, 4) is 11.5 Å². The van der Waals surface area contributed by atoms with Gasteiger partial charge in [0, 0.05) is 23.6 Å². The van der Waals surface area contributed by atoms with Crippen LogP contribution in [0.4, 0.5) is 5.69 Å². The molecule has 0 spiro atoms. The van der Waals surface area contributed by atoms with E-state index in [2.05, 4.69) is 15.5 Å². The third-order valence-corrected chi connectivity index (χ3v) is 2.29. The number of nitrogens with one attached hydrogen (secondary N) is 1. The Balaban J connectivity index is 2.06. The van der Waals surface area contributed by atoms with Crippen molar-refractivity contribution in [1.29, 1.82) is 0 Å². The van der Waals surface area contributed by atoms with Gasteiger partial charge in [-0.05, 0) is 24.3 Å². The Hall–Kier alpha value is -1.88. The average Bonchev–Trinajstić information content (AvgIpc) is 2.84. The van der Waals surface area contributed by atoms with Crippen LogP contribution in [0.25, 0.3) is 11.5 Å². The van der Waals surface area contributed by atoms with Crippen LogP contribution >= 0.6 is 11.6 Å². The van der Waals surface area contributed by atoms with Crippen molar-refractivity contribution in [1.82, 2.24) is 10.2 Å². The summed E-state index contributed by atoms with van der Waals surface area (Å²) in [6, 6.07) is 7.13. The Bertz CT molecular complexity index is 482. The topological polar surface area (TPSA) is 68.0 Å². The molecule has 0 saturated heterocycles. The fraction of sp³-hybridized carbons (Fsp3) is 0.182. The Kier molecular flexibility index (Phi) is 3.72. The second-order valence-corrected chi connectivity index (χ2v) is 3.69. The normalized spacial score (nSPS) is 10.2. The van der Waals surface area contributed by atoms with Gasteiger partial charge in [-0.2, -0.15) is 0 Å². The Morgan fingerprint density at radius 3 is 2.71 bits per heavy atom. The highest BCUT2D eigenvalue weighted by molar-refractivity contribution is 6.19. The van der Waals surface area contributed by atoms with E-state index in [4.69, 9.17) is 16.0 Å². The number of benzene rings is 1. The summed E-state index contributed by atoms with van der Waals surface area (Å²) in [5, 5.41) is 10.1. The largest absolute Gasteiger partial charge is 0.423 e. The number of hydrogen-bond acceptors (Lipinski definition) is 4. The van der Waals surface area contributed by atoms with Crippen LogP contribution in [0, 0.1) is 0 Å². The van der Waals surface area contributed by atoms with Crippen LogP contribution in [0.15, 0.2) is 35.1 Å². The maximum atomic E-state index is 11.3. The number of hydrogen-bond donors (Lipinski definition) is 1. The first-order valence-electron chi connectivity index (χ1n) is 5.02. The molecule has 0 atom stereocenters. The standard InChI is InChI=1S/C11H10ClN3O2/c12-6-5-10(16)14-9-3-1-8(2-4-9)11-15-13-7-17-11/h1-4,7H,5-6H2,(H,14,16). The van der Waals surface area contributed by atoms with Gasteiger partial charge < -0.3 is 9.73 Å². The van der Waals surface area contributed by atoms with Gasteiger partial charge in [0.2, 0.25) is 18.2 Å². The fourth-order valence-corrected chi connectivity index (χ4v) is 1.48. The second kappa shape index (κ2) is 5.45. The van der Waals surface area contributed by atoms with Crippen molar-refractivity contribution in [3.05, 3.63) is 30.7 Å². The third-order valence-electron chi connectivity index (χ3n) is 2.10. The van der Waals surface area contributed by atoms with Crippen LogP contribution in [0.1, 0.15) is 6.42 Å². The Labute approximate surface area is 103 Å². The molecule has 2 aromatic rings. The summed E-state index contributed by atoms with van der Waals surface area (Å²) in [5.41, 5.74) is 1.52. The third kappa shape index (κ3) is 3.04.